The van der Waals surface area contributed by atoms with Gasteiger partial charge in [0.05, 0.1) is 12.6 Å². The van der Waals surface area contributed by atoms with Gasteiger partial charge in [0.2, 0.25) is 5.91 Å². The summed E-state index contributed by atoms with van der Waals surface area (Å²) in [5.74, 6) is -3.87. The zero-order valence-electron chi connectivity index (χ0n) is 17.4. The van der Waals surface area contributed by atoms with Crippen LogP contribution < -0.4 is 10.6 Å². The van der Waals surface area contributed by atoms with E-state index in [-0.39, 0.29) is 24.5 Å². The zero-order chi connectivity index (χ0) is 23.7. The molecule has 1 aliphatic rings. The molecule has 0 saturated carbocycles. The Morgan fingerprint density at radius 3 is 2.13 bits per heavy atom. The molecule has 174 valence electrons. The Morgan fingerprint density at radius 1 is 1.27 bits per heavy atom. The number of ether oxygens (including phenoxy) is 2. The Hall–Kier alpha value is -2.18. The molecule has 5 atom stereocenters. The fourth-order valence-electron chi connectivity index (χ4n) is 3.21. The third-order valence-corrected chi connectivity index (χ3v) is 4.62. The molecule has 1 heterocycles. The lowest BCUT2D eigenvalue weighted by Crippen LogP contribution is -2.63. The van der Waals surface area contributed by atoms with E-state index in [9.17, 15) is 27.9 Å². The molecule has 12 heteroatoms. The minimum Gasteiger partial charge on any atom is -0.480 e. The molecule has 9 nitrogen and oxygen atoms in total. The Labute approximate surface area is 172 Å². The highest BCUT2D eigenvalue weighted by atomic mass is 19.4. The first kappa shape index (κ1) is 27.8. The first-order valence-electron chi connectivity index (χ1n) is 8.96. The van der Waals surface area contributed by atoms with Crippen molar-refractivity contribution in [2.75, 3.05) is 20.8 Å². The second kappa shape index (κ2) is 11.9. The zero-order valence-corrected chi connectivity index (χ0v) is 17.4. The van der Waals surface area contributed by atoms with Gasteiger partial charge in [-0.3, -0.25) is 14.9 Å². The number of methoxy groups -OCH3 is 2. The van der Waals surface area contributed by atoms with Crippen molar-refractivity contribution >= 4 is 17.8 Å². The van der Waals surface area contributed by atoms with Crippen molar-refractivity contribution in [1.82, 2.24) is 10.6 Å². The number of halogens is 3. The monoisotopic (exact) mass is 442 g/mol. The quantitative estimate of drug-likeness (QED) is 0.412. The summed E-state index contributed by atoms with van der Waals surface area (Å²) in [6, 6.07) is -1.35. The van der Waals surface area contributed by atoms with Crippen LogP contribution in [0.2, 0.25) is 0 Å². The topological polar surface area (TPSA) is 134 Å². The first-order chi connectivity index (χ1) is 13.7. The fourth-order valence-corrected chi connectivity index (χ4v) is 3.21. The van der Waals surface area contributed by atoms with Gasteiger partial charge in [-0.25, -0.2) is 4.79 Å². The van der Waals surface area contributed by atoms with Crippen molar-refractivity contribution in [3.8, 4) is 0 Å². The lowest BCUT2D eigenvalue weighted by atomic mass is 9.84. The van der Waals surface area contributed by atoms with Crippen LogP contribution in [0.5, 0.6) is 0 Å². The Morgan fingerprint density at radius 2 is 1.80 bits per heavy atom. The van der Waals surface area contributed by atoms with E-state index < -0.39 is 35.8 Å². The van der Waals surface area contributed by atoms with Gasteiger partial charge in [-0.15, -0.1) is 0 Å². The van der Waals surface area contributed by atoms with E-state index >= 15 is 0 Å². The van der Waals surface area contributed by atoms with Crippen LogP contribution >= 0.6 is 0 Å². The summed E-state index contributed by atoms with van der Waals surface area (Å²) in [5.41, 5.74) is -0.786. The van der Waals surface area contributed by atoms with Gasteiger partial charge in [0.1, 0.15) is 11.6 Å². The van der Waals surface area contributed by atoms with E-state index in [2.05, 4.69) is 10.6 Å². The van der Waals surface area contributed by atoms with Gasteiger partial charge in [-0.2, -0.15) is 13.2 Å². The van der Waals surface area contributed by atoms with Crippen LogP contribution in [0.15, 0.2) is 12.2 Å². The molecule has 0 aromatic heterocycles. The molecule has 1 amide bonds. The molecule has 0 spiro atoms. The third kappa shape index (κ3) is 8.28. The first-order valence-corrected chi connectivity index (χ1v) is 8.96. The number of alkyl halides is 3. The van der Waals surface area contributed by atoms with Crippen molar-refractivity contribution in [3.63, 3.8) is 0 Å². The summed E-state index contributed by atoms with van der Waals surface area (Å²) in [7, 11) is 3.12. The van der Waals surface area contributed by atoms with Crippen molar-refractivity contribution in [2.24, 2.45) is 5.92 Å². The molecular weight excluding hydrogens is 413 g/mol. The predicted octanol–water partition coefficient (Wildman–Crippen LogP) is 1.18. The van der Waals surface area contributed by atoms with Gasteiger partial charge in [0.15, 0.2) is 0 Å². The number of carbonyl (C=O) groups is 3. The number of nitrogens with one attached hydrogen (secondary N) is 2. The van der Waals surface area contributed by atoms with Gasteiger partial charge in [-0.05, 0) is 26.2 Å². The van der Waals surface area contributed by atoms with E-state index in [1.165, 1.54) is 6.92 Å². The van der Waals surface area contributed by atoms with Crippen LogP contribution in [-0.2, 0) is 23.9 Å². The van der Waals surface area contributed by atoms with Gasteiger partial charge < -0.3 is 25.0 Å². The maximum Gasteiger partial charge on any atom is 0.490 e. The summed E-state index contributed by atoms with van der Waals surface area (Å²) >= 11 is 0. The highest BCUT2D eigenvalue weighted by Crippen LogP contribution is 2.30. The summed E-state index contributed by atoms with van der Waals surface area (Å²) in [5, 5.41) is 22.5. The number of carboxylic acids is 2. The normalized spacial score (nSPS) is 24.5. The summed E-state index contributed by atoms with van der Waals surface area (Å²) in [4.78, 5) is 31.9. The maximum absolute atomic E-state index is 11.7. The predicted molar refractivity (Wildman–Crippen MR) is 99.9 cm³/mol. The number of carbonyl (C=O) groups excluding carboxylic acids is 1. The smallest absolute Gasteiger partial charge is 0.480 e. The lowest BCUT2D eigenvalue weighted by molar-refractivity contribution is -0.192. The van der Waals surface area contributed by atoms with Crippen LogP contribution in [0, 0.1) is 5.92 Å². The van der Waals surface area contributed by atoms with E-state index in [4.69, 9.17) is 19.4 Å². The van der Waals surface area contributed by atoms with Crippen LogP contribution in [-0.4, -0.2) is 78.8 Å². The number of hydrogen-bond acceptors (Lipinski definition) is 6. The van der Waals surface area contributed by atoms with Crippen LogP contribution in [0.1, 0.15) is 27.2 Å². The summed E-state index contributed by atoms with van der Waals surface area (Å²) < 4.78 is 42.6. The van der Waals surface area contributed by atoms with Gasteiger partial charge >= 0.3 is 18.1 Å². The summed E-state index contributed by atoms with van der Waals surface area (Å²) in [6.07, 6.45) is -0.750. The van der Waals surface area contributed by atoms with E-state index in [1.54, 1.807) is 14.2 Å². The second-order valence-corrected chi connectivity index (χ2v) is 6.94. The highest BCUT2D eigenvalue weighted by Gasteiger charge is 2.48. The Bertz CT molecular complexity index is 627. The van der Waals surface area contributed by atoms with Gasteiger partial charge in [0, 0.05) is 27.2 Å². The SMILES string of the molecule is C/C=C\[C@@H]1C[C@H](C(=O)O)N[C@H]1[C@@H](NC(C)=O)[C@](C)(COC)OC.O=C(O)C(F)(F)F. The van der Waals surface area contributed by atoms with Crippen molar-refractivity contribution in [3.05, 3.63) is 12.2 Å². The number of carboxylic acid groups (broad SMARTS) is 2. The van der Waals surface area contributed by atoms with Crippen molar-refractivity contribution in [1.29, 1.82) is 0 Å². The Balaban J connectivity index is 0.00000103. The average Bonchev–Trinajstić information content (AvgIpc) is 3.03. The highest BCUT2D eigenvalue weighted by molar-refractivity contribution is 5.75. The molecule has 0 aromatic rings. The minimum absolute atomic E-state index is 0.0238. The number of amides is 1. The molecular formula is C18H29F3N2O7. The molecule has 30 heavy (non-hydrogen) atoms. The van der Waals surface area contributed by atoms with Crippen molar-refractivity contribution < 1.29 is 47.2 Å². The molecule has 4 N–H and O–H groups in total. The maximum atomic E-state index is 11.7. The molecule has 0 unspecified atom stereocenters. The second-order valence-electron chi connectivity index (χ2n) is 6.94. The molecule has 0 aromatic carbocycles. The average molecular weight is 442 g/mol. The van der Waals surface area contributed by atoms with Crippen LogP contribution in [0.4, 0.5) is 13.2 Å². The molecule has 1 rings (SSSR count). The van der Waals surface area contributed by atoms with Gasteiger partial charge in [-0.1, -0.05) is 12.2 Å². The fraction of sp³-hybridized carbons (Fsp3) is 0.722. The lowest BCUT2D eigenvalue weighted by Gasteiger charge is -2.41. The minimum atomic E-state index is -5.08. The molecule has 0 aliphatic carbocycles. The van der Waals surface area contributed by atoms with E-state index in [1.807, 2.05) is 26.0 Å². The molecule has 1 saturated heterocycles. The van der Waals surface area contributed by atoms with Crippen molar-refractivity contribution in [2.45, 2.75) is 57.1 Å². The largest absolute Gasteiger partial charge is 0.490 e. The molecule has 0 radical (unpaired) electrons. The Kier molecular flexibility index (Phi) is 11.0. The van der Waals surface area contributed by atoms with Crippen LogP contribution in [0.3, 0.4) is 0 Å². The van der Waals surface area contributed by atoms with E-state index in [0.29, 0.717) is 6.42 Å². The number of aliphatic carboxylic acids is 2. The number of hydrogen-bond donors (Lipinski definition) is 4. The van der Waals surface area contributed by atoms with Gasteiger partial charge in [0.25, 0.3) is 0 Å². The number of rotatable bonds is 8. The van der Waals surface area contributed by atoms with Crippen LogP contribution in [0.25, 0.3) is 0 Å². The standard InChI is InChI=1S/C16H28N2O5.C2HF3O2/c1-6-7-11-8-12(15(20)21)18-13(11)14(17-10(2)19)16(3,23-5)9-22-4;3-2(4,5)1(6)7/h6-7,11-14,18H,8-9H2,1-5H3,(H,17,19)(H,20,21);(H,6,7)/b7-6-;/t11-,12-,13-,14-,16+;/m1./s1. The molecule has 1 fully saturated rings. The summed E-state index contributed by atoms with van der Waals surface area (Å²) in [6.45, 7) is 5.44. The molecule has 0 bridgehead atoms. The number of allylic oxidation sites excluding steroid dienone is 1. The third-order valence-electron chi connectivity index (χ3n) is 4.62. The molecule has 1 aliphatic heterocycles. The van der Waals surface area contributed by atoms with E-state index in [0.717, 1.165) is 0 Å².